The number of thiophene rings is 1. The Balaban J connectivity index is 1.90. The third kappa shape index (κ3) is 3.56. The predicted molar refractivity (Wildman–Crippen MR) is 71.8 cm³/mol. The minimum absolute atomic E-state index is 0.0903. The smallest absolute Gasteiger partial charge is 0.349 e. The summed E-state index contributed by atoms with van der Waals surface area (Å²) in [5.41, 5.74) is 0.667. The minimum Gasteiger partial charge on any atom is -0.482 e. The number of carbonyl (C=O) groups excluding carboxylic acids is 1. The van der Waals surface area contributed by atoms with Crippen molar-refractivity contribution in [2.45, 2.75) is 0 Å². The number of rotatable bonds is 5. The van der Waals surface area contributed by atoms with Gasteiger partial charge in [0, 0.05) is 5.69 Å². The average Bonchev–Trinajstić information content (AvgIpc) is 2.86. The molecule has 1 heterocycles. The van der Waals surface area contributed by atoms with E-state index in [1.165, 1.54) is 6.07 Å². The zero-order valence-corrected chi connectivity index (χ0v) is 10.6. The lowest BCUT2D eigenvalue weighted by atomic mass is 10.3. The third-order valence-electron chi connectivity index (χ3n) is 2.24. The second-order valence-electron chi connectivity index (χ2n) is 3.62. The van der Waals surface area contributed by atoms with E-state index in [2.05, 4.69) is 5.32 Å². The van der Waals surface area contributed by atoms with Crippen LogP contribution in [0.5, 0.6) is 5.75 Å². The van der Waals surface area contributed by atoms with E-state index in [-0.39, 0.29) is 23.1 Å². The van der Waals surface area contributed by atoms with E-state index in [1.807, 2.05) is 6.07 Å². The highest BCUT2D eigenvalue weighted by Gasteiger charge is 2.14. The van der Waals surface area contributed by atoms with Crippen LogP contribution in [0.25, 0.3) is 0 Å². The Morgan fingerprint density at radius 1 is 1.21 bits per heavy atom. The molecule has 2 aromatic rings. The van der Waals surface area contributed by atoms with E-state index >= 15 is 0 Å². The molecular weight excluding hydrogens is 266 g/mol. The number of para-hydroxylation sites is 1. The lowest BCUT2D eigenvalue weighted by Gasteiger charge is -2.06. The molecule has 0 aliphatic carbocycles. The van der Waals surface area contributed by atoms with Crippen LogP contribution in [0.3, 0.4) is 0 Å². The number of benzene rings is 1. The lowest BCUT2D eigenvalue weighted by molar-refractivity contribution is -0.118. The number of hydrogen-bond acceptors (Lipinski definition) is 4. The van der Waals surface area contributed by atoms with Gasteiger partial charge in [0.05, 0.1) is 0 Å². The number of carboxylic acid groups (broad SMARTS) is 1. The summed E-state index contributed by atoms with van der Waals surface area (Å²) in [4.78, 5) is 22.5. The fraction of sp³-hybridized carbons (Fsp3) is 0.0769. The molecule has 2 N–H and O–H groups in total. The Morgan fingerprint density at radius 3 is 2.63 bits per heavy atom. The van der Waals surface area contributed by atoms with Gasteiger partial charge in [-0.25, -0.2) is 4.79 Å². The van der Waals surface area contributed by atoms with Crippen molar-refractivity contribution in [3.05, 3.63) is 46.7 Å². The molecule has 0 spiro atoms. The van der Waals surface area contributed by atoms with Gasteiger partial charge in [0.25, 0.3) is 5.91 Å². The van der Waals surface area contributed by atoms with E-state index in [1.54, 1.807) is 29.6 Å². The average molecular weight is 277 g/mol. The molecule has 0 aliphatic heterocycles. The first-order valence-corrected chi connectivity index (χ1v) is 6.33. The first kappa shape index (κ1) is 13.1. The Kier molecular flexibility index (Phi) is 4.15. The Labute approximate surface area is 113 Å². The SMILES string of the molecule is O=C(COc1ccsc1C(=O)O)Nc1ccccc1. The molecule has 0 unspecified atom stereocenters. The quantitative estimate of drug-likeness (QED) is 0.880. The van der Waals surface area contributed by atoms with Crippen LogP contribution in [0, 0.1) is 0 Å². The van der Waals surface area contributed by atoms with Crippen LogP contribution in [0.1, 0.15) is 9.67 Å². The van der Waals surface area contributed by atoms with Crippen molar-refractivity contribution >= 4 is 28.9 Å². The molecule has 0 aliphatic rings. The molecule has 98 valence electrons. The minimum atomic E-state index is -1.06. The highest BCUT2D eigenvalue weighted by molar-refractivity contribution is 7.12. The van der Waals surface area contributed by atoms with Gasteiger partial charge >= 0.3 is 5.97 Å². The summed E-state index contributed by atoms with van der Waals surface area (Å²) in [5, 5.41) is 13.1. The third-order valence-corrected chi connectivity index (χ3v) is 3.12. The van der Waals surface area contributed by atoms with Crippen LogP contribution in [-0.4, -0.2) is 23.6 Å². The normalized spacial score (nSPS) is 9.89. The van der Waals surface area contributed by atoms with Crippen molar-refractivity contribution < 1.29 is 19.4 Å². The summed E-state index contributed by atoms with van der Waals surface area (Å²) >= 11 is 1.06. The molecule has 6 heteroatoms. The zero-order chi connectivity index (χ0) is 13.7. The molecular formula is C13H11NO4S. The first-order valence-electron chi connectivity index (χ1n) is 5.45. The van der Waals surface area contributed by atoms with Gasteiger partial charge in [-0.05, 0) is 23.6 Å². The number of carboxylic acids is 1. The molecule has 1 amide bonds. The fourth-order valence-electron chi connectivity index (χ4n) is 1.43. The maximum atomic E-state index is 11.6. The van der Waals surface area contributed by atoms with Gasteiger partial charge in [-0.1, -0.05) is 18.2 Å². The van der Waals surface area contributed by atoms with Crippen molar-refractivity contribution in [1.82, 2.24) is 0 Å². The topological polar surface area (TPSA) is 75.6 Å². The highest BCUT2D eigenvalue weighted by atomic mass is 32.1. The molecule has 0 saturated heterocycles. The predicted octanol–water partition coefficient (Wildman–Crippen LogP) is 2.46. The van der Waals surface area contributed by atoms with E-state index in [9.17, 15) is 9.59 Å². The Hall–Kier alpha value is -2.34. The molecule has 5 nitrogen and oxygen atoms in total. The van der Waals surface area contributed by atoms with Crippen molar-refractivity contribution in [2.24, 2.45) is 0 Å². The molecule has 0 bridgehead atoms. The standard InChI is InChI=1S/C13H11NO4S/c15-11(14-9-4-2-1-3-5-9)8-18-10-6-7-19-12(10)13(16)17/h1-7H,8H2,(H,14,15)(H,16,17). The van der Waals surface area contributed by atoms with Crippen molar-refractivity contribution in [3.63, 3.8) is 0 Å². The maximum Gasteiger partial charge on any atom is 0.349 e. The van der Waals surface area contributed by atoms with Gasteiger partial charge in [0.2, 0.25) is 0 Å². The molecule has 19 heavy (non-hydrogen) atoms. The Morgan fingerprint density at radius 2 is 1.95 bits per heavy atom. The number of nitrogens with one attached hydrogen (secondary N) is 1. The van der Waals surface area contributed by atoms with Gasteiger partial charge < -0.3 is 15.2 Å². The van der Waals surface area contributed by atoms with Crippen molar-refractivity contribution in [1.29, 1.82) is 0 Å². The van der Waals surface area contributed by atoms with Crippen LogP contribution in [-0.2, 0) is 4.79 Å². The second kappa shape index (κ2) is 6.01. The highest BCUT2D eigenvalue weighted by Crippen LogP contribution is 2.24. The molecule has 0 atom stereocenters. The second-order valence-corrected chi connectivity index (χ2v) is 4.54. The summed E-state index contributed by atoms with van der Waals surface area (Å²) in [5.74, 6) is -1.19. The number of anilines is 1. The van der Waals surface area contributed by atoms with E-state index < -0.39 is 5.97 Å². The molecule has 0 radical (unpaired) electrons. The van der Waals surface area contributed by atoms with Crippen LogP contribution < -0.4 is 10.1 Å². The number of amides is 1. The van der Waals surface area contributed by atoms with E-state index in [0.717, 1.165) is 11.3 Å². The number of hydrogen-bond donors (Lipinski definition) is 2. The monoisotopic (exact) mass is 277 g/mol. The fourth-order valence-corrected chi connectivity index (χ4v) is 2.10. The molecule has 0 saturated carbocycles. The van der Waals surface area contributed by atoms with E-state index in [0.29, 0.717) is 5.69 Å². The summed E-state index contributed by atoms with van der Waals surface area (Å²) in [6.45, 7) is -0.230. The summed E-state index contributed by atoms with van der Waals surface area (Å²) in [7, 11) is 0. The number of carbonyl (C=O) groups is 2. The first-order chi connectivity index (χ1) is 9.16. The van der Waals surface area contributed by atoms with Crippen LogP contribution in [0.15, 0.2) is 41.8 Å². The van der Waals surface area contributed by atoms with Crippen molar-refractivity contribution in [2.75, 3.05) is 11.9 Å². The Bertz CT molecular complexity index is 579. The largest absolute Gasteiger partial charge is 0.482 e. The van der Waals surface area contributed by atoms with Crippen molar-refractivity contribution in [3.8, 4) is 5.75 Å². The van der Waals surface area contributed by atoms with Gasteiger partial charge in [-0.3, -0.25) is 4.79 Å². The number of ether oxygens (including phenoxy) is 1. The molecule has 2 rings (SSSR count). The van der Waals surface area contributed by atoms with Crippen LogP contribution >= 0.6 is 11.3 Å². The molecule has 1 aromatic heterocycles. The van der Waals surface area contributed by atoms with Crippen LogP contribution in [0.4, 0.5) is 5.69 Å². The summed E-state index contributed by atoms with van der Waals surface area (Å²) in [6, 6.07) is 10.5. The van der Waals surface area contributed by atoms with Crippen LogP contribution in [0.2, 0.25) is 0 Å². The van der Waals surface area contributed by atoms with E-state index in [4.69, 9.17) is 9.84 Å². The zero-order valence-electron chi connectivity index (χ0n) is 9.83. The van der Waals surface area contributed by atoms with Gasteiger partial charge in [-0.15, -0.1) is 11.3 Å². The molecule has 1 aromatic carbocycles. The molecule has 0 fully saturated rings. The van der Waals surface area contributed by atoms with Gasteiger partial charge in [0.1, 0.15) is 5.75 Å². The lowest BCUT2D eigenvalue weighted by Crippen LogP contribution is -2.20. The van der Waals surface area contributed by atoms with Gasteiger partial charge in [-0.2, -0.15) is 0 Å². The summed E-state index contributed by atoms with van der Waals surface area (Å²) < 4.78 is 5.19. The number of aromatic carboxylic acids is 1. The van der Waals surface area contributed by atoms with Gasteiger partial charge in [0.15, 0.2) is 11.5 Å². The maximum absolute atomic E-state index is 11.6. The summed E-state index contributed by atoms with van der Waals surface area (Å²) in [6.07, 6.45) is 0.